The van der Waals surface area contributed by atoms with Gasteiger partial charge >= 0.3 is 0 Å². The fraction of sp³-hybridized carbons (Fsp3) is 0.278. The van der Waals surface area contributed by atoms with E-state index < -0.39 is 0 Å². The number of amides is 1. The second-order valence-corrected chi connectivity index (χ2v) is 5.94. The van der Waals surface area contributed by atoms with E-state index in [1.54, 1.807) is 17.3 Å². The van der Waals surface area contributed by atoms with Gasteiger partial charge in [0, 0.05) is 30.0 Å². The smallest absolute Gasteiger partial charge is 0.273 e. The van der Waals surface area contributed by atoms with Gasteiger partial charge in [-0.1, -0.05) is 24.3 Å². The average molecular weight is 322 g/mol. The topological polar surface area (TPSA) is 71.1 Å². The van der Waals surface area contributed by atoms with Crippen LogP contribution in [0.25, 0.3) is 10.8 Å². The molecule has 6 heteroatoms. The second kappa shape index (κ2) is 6.05. The van der Waals surface area contributed by atoms with Gasteiger partial charge in [-0.05, 0) is 18.4 Å². The molecule has 1 aromatic carbocycles. The predicted octanol–water partition coefficient (Wildman–Crippen LogP) is 2.48. The average Bonchev–Trinajstić information content (AvgIpc) is 3.07. The molecule has 1 fully saturated rings. The van der Waals surface area contributed by atoms with Crippen molar-refractivity contribution in [2.45, 2.75) is 13.0 Å². The monoisotopic (exact) mass is 322 g/mol. The van der Waals surface area contributed by atoms with Crippen molar-refractivity contribution >= 4 is 16.7 Å². The number of nitrogens with one attached hydrogen (secondary N) is 1. The molecule has 1 atom stereocenters. The molecule has 6 nitrogen and oxygen atoms in total. The molecule has 0 aliphatic carbocycles. The molecule has 2 aromatic heterocycles. The van der Waals surface area contributed by atoms with Crippen molar-refractivity contribution in [2.75, 3.05) is 19.7 Å². The minimum Gasteiger partial charge on any atom is -0.367 e. The van der Waals surface area contributed by atoms with Gasteiger partial charge < -0.3 is 14.6 Å². The zero-order valence-electron chi connectivity index (χ0n) is 13.4. The third kappa shape index (κ3) is 2.65. The molecule has 1 unspecified atom stereocenters. The first-order chi connectivity index (χ1) is 11.7. The number of aromatic amines is 1. The highest BCUT2D eigenvalue weighted by molar-refractivity contribution is 6.05. The molecule has 1 saturated heterocycles. The van der Waals surface area contributed by atoms with Crippen LogP contribution in [0.4, 0.5) is 0 Å². The number of carbonyl (C=O) groups is 1. The summed E-state index contributed by atoms with van der Waals surface area (Å²) in [6.07, 6.45) is 3.22. The standard InChI is InChI=1S/C18H18N4O2/c1-12-10-20-17(21-12)15-11-22(8-9-24-15)18(23)16-14-5-3-2-4-13(14)6-7-19-16/h2-7,10,15H,8-9,11H2,1H3,(H,20,21). The number of morpholine rings is 1. The maximum atomic E-state index is 13.0. The zero-order chi connectivity index (χ0) is 16.5. The Morgan fingerprint density at radius 3 is 3.00 bits per heavy atom. The van der Waals surface area contributed by atoms with Crippen LogP contribution < -0.4 is 0 Å². The Morgan fingerprint density at radius 2 is 2.17 bits per heavy atom. The van der Waals surface area contributed by atoms with Gasteiger partial charge in [0.25, 0.3) is 5.91 Å². The minimum absolute atomic E-state index is 0.0663. The van der Waals surface area contributed by atoms with Crippen LogP contribution >= 0.6 is 0 Å². The summed E-state index contributed by atoms with van der Waals surface area (Å²) < 4.78 is 5.77. The van der Waals surface area contributed by atoms with Gasteiger partial charge in [0.1, 0.15) is 17.6 Å². The molecule has 0 radical (unpaired) electrons. The number of imidazole rings is 1. The number of carbonyl (C=O) groups excluding carboxylic acids is 1. The third-order valence-electron chi connectivity index (χ3n) is 4.26. The molecule has 1 aliphatic heterocycles. The molecular formula is C18H18N4O2. The van der Waals surface area contributed by atoms with Crippen LogP contribution in [0.5, 0.6) is 0 Å². The van der Waals surface area contributed by atoms with Crippen molar-refractivity contribution in [1.82, 2.24) is 19.9 Å². The predicted molar refractivity (Wildman–Crippen MR) is 89.7 cm³/mol. The normalized spacial score (nSPS) is 18.0. The van der Waals surface area contributed by atoms with Gasteiger partial charge in [-0.25, -0.2) is 4.98 Å². The molecular weight excluding hydrogens is 304 g/mol. The SMILES string of the molecule is Cc1cnc(C2CN(C(=O)c3nccc4ccccc34)CCO2)[nH]1. The Kier molecular flexibility index (Phi) is 3.74. The third-order valence-corrected chi connectivity index (χ3v) is 4.26. The highest BCUT2D eigenvalue weighted by Crippen LogP contribution is 2.23. The number of aryl methyl sites for hydroxylation is 1. The summed E-state index contributed by atoms with van der Waals surface area (Å²) in [4.78, 5) is 26.6. The molecule has 24 heavy (non-hydrogen) atoms. The van der Waals surface area contributed by atoms with E-state index in [9.17, 15) is 4.79 Å². The summed E-state index contributed by atoms with van der Waals surface area (Å²) in [6.45, 7) is 3.46. The maximum Gasteiger partial charge on any atom is 0.273 e. The second-order valence-electron chi connectivity index (χ2n) is 5.94. The van der Waals surface area contributed by atoms with Crippen molar-refractivity contribution in [3.8, 4) is 0 Å². The molecule has 1 amide bonds. The van der Waals surface area contributed by atoms with Gasteiger partial charge in [-0.3, -0.25) is 9.78 Å². The largest absolute Gasteiger partial charge is 0.367 e. The van der Waals surface area contributed by atoms with Crippen LogP contribution in [-0.4, -0.2) is 45.5 Å². The molecule has 122 valence electrons. The quantitative estimate of drug-likeness (QED) is 0.787. The van der Waals surface area contributed by atoms with E-state index in [0.29, 0.717) is 25.4 Å². The molecule has 1 N–H and O–H groups in total. The van der Waals surface area contributed by atoms with Crippen LogP contribution in [0.3, 0.4) is 0 Å². The van der Waals surface area contributed by atoms with Gasteiger partial charge in [0.2, 0.25) is 0 Å². The highest BCUT2D eigenvalue weighted by Gasteiger charge is 2.29. The lowest BCUT2D eigenvalue weighted by Gasteiger charge is -2.32. The lowest BCUT2D eigenvalue weighted by atomic mass is 10.1. The summed E-state index contributed by atoms with van der Waals surface area (Å²) in [5.74, 6) is 0.694. The first kappa shape index (κ1) is 14.8. The van der Waals surface area contributed by atoms with Crippen molar-refractivity contribution in [2.24, 2.45) is 0 Å². The molecule has 3 aromatic rings. The number of ether oxygens (including phenoxy) is 1. The minimum atomic E-state index is -0.230. The molecule has 0 spiro atoms. The zero-order valence-corrected chi connectivity index (χ0v) is 13.4. The Morgan fingerprint density at radius 1 is 1.29 bits per heavy atom. The van der Waals surface area contributed by atoms with E-state index in [1.807, 2.05) is 37.3 Å². The van der Waals surface area contributed by atoms with Crippen molar-refractivity contribution in [1.29, 1.82) is 0 Å². The number of benzene rings is 1. The van der Waals surface area contributed by atoms with Gasteiger partial charge in [-0.2, -0.15) is 0 Å². The van der Waals surface area contributed by atoms with Crippen molar-refractivity contribution in [3.05, 3.63) is 59.9 Å². The number of hydrogen-bond acceptors (Lipinski definition) is 4. The number of pyridine rings is 1. The molecule has 0 saturated carbocycles. The number of aromatic nitrogens is 3. The Hall–Kier alpha value is -2.73. The van der Waals surface area contributed by atoms with Crippen molar-refractivity contribution < 1.29 is 9.53 Å². The Labute approximate surface area is 139 Å². The Balaban J connectivity index is 1.61. The fourth-order valence-corrected chi connectivity index (χ4v) is 3.04. The Bertz CT molecular complexity index is 884. The van der Waals surface area contributed by atoms with Crippen LogP contribution in [0, 0.1) is 6.92 Å². The number of rotatable bonds is 2. The first-order valence-corrected chi connectivity index (χ1v) is 7.98. The molecule has 4 rings (SSSR count). The fourth-order valence-electron chi connectivity index (χ4n) is 3.04. The van der Waals surface area contributed by atoms with Crippen LogP contribution in [-0.2, 0) is 4.74 Å². The first-order valence-electron chi connectivity index (χ1n) is 7.98. The molecule has 1 aliphatic rings. The molecule has 0 bridgehead atoms. The number of nitrogens with zero attached hydrogens (tertiary/aromatic N) is 3. The highest BCUT2D eigenvalue weighted by atomic mass is 16.5. The lowest BCUT2D eigenvalue weighted by molar-refractivity contribution is -0.0265. The summed E-state index contributed by atoms with van der Waals surface area (Å²) >= 11 is 0. The molecule has 3 heterocycles. The van der Waals surface area contributed by atoms with E-state index >= 15 is 0 Å². The lowest BCUT2D eigenvalue weighted by Crippen LogP contribution is -2.42. The van der Waals surface area contributed by atoms with E-state index in [4.69, 9.17) is 4.74 Å². The number of fused-ring (bicyclic) bond motifs is 1. The van der Waals surface area contributed by atoms with Crippen molar-refractivity contribution in [3.63, 3.8) is 0 Å². The van der Waals surface area contributed by atoms with Gasteiger partial charge in [0.15, 0.2) is 0 Å². The number of H-pyrrole nitrogens is 1. The van der Waals surface area contributed by atoms with E-state index in [-0.39, 0.29) is 12.0 Å². The van der Waals surface area contributed by atoms with Crippen LogP contribution in [0.15, 0.2) is 42.7 Å². The van der Waals surface area contributed by atoms with Crippen LogP contribution in [0.2, 0.25) is 0 Å². The van der Waals surface area contributed by atoms with E-state index in [1.165, 1.54) is 0 Å². The summed E-state index contributed by atoms with van der Waals surface area (Å²) in [5.41, 5.74) is 1.47. The summed E-state index contributed by atoms with van der Waals surface area (Å²) in [5, 5.41) is 1.89. The van der Waals surface area contributed by atoms with Gasteiger partial charge in [0.05, 0.1) is 13.2 Å². The van der Waals surface area contributed by atoms with Crippen LogP contribution in [0.1, 0.15) is 28.1 Å². The maximum absolute atomic E-state index is 13.0. The van der Waals surface area contributed by atoms with Gasteiger partial charge in [-0.15, -0.1) is 0 Å². The van der Waals surface area contributed by atoms with E-state index in [0.717, 1.165) is 22.3 Å². The summed E-state index contributed by atoms with van der Waals surface area (Å²) in [7, 11) is 0. The number of hydrogen-bond donors (Lipinski definition) is 1. The van der Waals surface area contributed by atoms with E-state index in [2.05, 4.69) is 15.0 Å². The summed E-state index contributed by atoms with van der Waals surface area (Å²) in [6, 6.07) is 9.72.